The van der Waals surface area contributed by atoms with Crippen molar-refractivity contribution in [3.63, 3.8) is 0 Å². The second kappa shape index (κ2) is 4.26. The van der Waals surface area contributed by atoms with Gasteiger partial charge >= 0.3 is 0 Å². The van der Waals surface area contributed by atoms with Crippen molar-refractivity contribution in [1.29, 1.82) is 0 Å². The Morgan fingerprint density at radius 3 is 3.07 bits per heavy atom. The number of nitrogens with one attached hydrogen (secondary N) is 1. The van der Waals surface area contributed by atoms with Gasteiger partial charge in [0, 0.05) is 18.9 Å². The van der Waals surface area contributed by atoms with Crippen LogP contribution in [-0.4, -0.2) is 15.0 Å². The van der Waals surface area contributed by atoms with E-state index in [1.807, 2.05) is 18.2 Å². The summed E-state index contributed by atoms with van der Waals surface area (Å²) < 4.78 is 0. The van der Waals surface area contributed by atoms with Gasteiger partial charge in [0.15, 0.2) is 5.16 Å². The van der Waals surface area contributed by atoms with Gasteiger partial charge in [-0.2, -0.15) is 0 Å². The molecule has 3 N–H and O–H groups in total. The molecule has 2 aromatic rings. The Hall–Kier alpha value is -1.33. The van der Waals surface area contributed by atoms with E-state index in [-0.39, 0.29) is 0 Å². The van der Waals surface area contributed by atoms with E-state index in [9.17, 15) is 0 Å². The van der Waals surface area contributed by atoms with E-state index in [0.29, 0.717) is 6.54 Å². The molecule has 0 saturated carbocycles. The summed E-state index contributed by atoms with van der Waals surface area (Å²) in [6.07, 6.45) is 3.50. The molecule has 0 saturated heterocycles. The van der Waals surface area contributed by atoms with Crippen LogP contribution >= 0.6 is 11.8 Å². The van der Waals surface area contributed by atoms with Crippen LogP contribution in [0.3, 0.4) is 0 Å². The molecule has 0 aliphatic rings. The number of pyridine rings is 1. The van der Waals surface area contributed by atoms with Crippen molar-refractivity contribution in [2.24, 2.45) is 5.73 Å². The Kier molecular flexibility index (Phi) is 2.81. The standard InChI is InChI=1S/C9H10N4S/c10-6-7-2-1-3-8(13-7)14-9-11-4-5-12-9/h1-5H,6,10H2,(H,11,12). The SMILES string of the molecule is NCc1cccc(Sc2ncc[nH]2)n1. The van der Waals surface area contributed by atoms with Crippen molar-refractivity contribution in [1.82, 2.24) is 15.0 Å². The molecule has 0 spiro atoms. The number of hydrogen-bond acceptors (Lipinski definition) is 4. The van der Waals surface area contributed by atoms with E-state index in [1.54, 1.807) is 12.4 Å². The van der Waals surface area contributed by atoms with Gasteiger partial charge in [-0.3, -0.25) is 0 Å². The van der Waals surface area contributed by atoms with E-state index in [4.69, 9.17) is 5.73 Å². The summed E-state index contributed by atoms with van der Waals surface area (Å²) in [5.41, 5.74) is 6.39. The van der Waals surface area contributed by atoms with Crippen LogP contribution in [0, 0.1) is 0 Å². The summed E-state index contributed by atoms with van der Waals surface area (Å²) in [6, 6.07) is 5.79. The lowest BCUT2D eigenvalue weighted by molar-refractivity contribution is 0.937. The average Bonchev–Trinajstić information content (AvgIpc) is 2.71. The zero-order valence-corrected chi connectivity index (χ0v) is 8.29. The first-order valence-electron chi connectivity index (χ1n) is 4.22. The molecule has 0 aromatic carbocycles. The Morgan fingerprint density at radius 1 is 1.43 bits per heavy atom. The van der Waals surface area contributed by atoms with Gasteiger partial charge in [-0.25, -0.2) is 9.97 Å². The van der Waals surface area contributed by atoms with E-state index in [1.165, 1.54) is 11.8 Å². The predicted molar refractivity (Wildman–Crippen MR) is 54.8 cm³/mol. The lowest BCUT2D eigenvalue weighted by Gasteiger charge is -1.99. The first-order chi connectivity index (χ1) is 6.88. The highest BCUT2D eigenvalue weighted by molar-refractivity contribution is 7.99. The number of hydrogen-bond donors (Lipinski definition) is 2. The fraction of sp³-hybridized carbons (Fsp3) is 0.111. The summed E-state index contributed by atoms with van der Waals surface area (Å²) >= 11 is 1.49. The smallest absolute Gasteiger partial charge is 0.171 e. The van der Waals surface area contributed by atoms with Crippen LogP contribution in [0.1, 0.15) is 5.69 Å². The lowest BCUT2D eigenvalue weighted by atomic mass is 10.4. The van der Waals surface area contributed by atoms with Crippen molar-refractivity contribution in [2.45, 2.75) is 16.7 Å². The Morgan fingerprint density at radius 2 is 2.36 bits per heavy atom. The lowest BCUT2D eigenvalue weighted by Crippen LogP contribution is -1.99. The van der Waals surface area contributed by atoms with Gasteiger partial charge < -0.3 is 10.7 Å². The van der Waals surface area contributed by atoms with Gasteiger partial charge in [0.25, 0.3) is 0 Å². The zero-order chi connectivity index (χ0) is 9.80. The van der Waals surface area contributed by atoms with Crippen LogP contribution in [0.4, 0.5) is 0 Å². The molecule has 5 heteroatoms. The van der Waals surface area contributed by atoms with Crippen LogP contribution in [0.5, 0.6) is 0 Å². The summed E-state index contributed by atoms with van der Waals surface area (Å²) in [6.45, 7) is 0.465. The number of imidazole rings is 1. The first-order valence-corrected chi connectivity index (χ1v) is 5.03. The molecule has 0 aliphatic heterocycles. The zero-order valence-electron chi connectivity index (χ0n) is 7.47. The predicted octanol–water partition coefficient (Wildman–Crippen LogP) is 1.41. The topological polar surface area (TPSA) is 67.6 Å². The van der Waals surface area contributed by atoms with Crippen molar-refractivity contribution >= 4 is 11.8 Å². The number of aromatic amines is 1. The summed E-state index contributed by atoms with van der Waals surface area (Å²) in [7, 11) is 0. The van der Waals surface area contributed by atoms with Gasteiger partial charge in [-0.15, -0.1) is 0 Å². The molecule has 0 atom stereocenters. The molecule has 4 nitrogen and oxygen atoms in total. The minimum absolute atomic E-state index is 0.465. The molecule has 0 amide bonds. The van der Waals surface area contributed by atoms with Crippen molar-refractivity contribution in [3.05, 3.63) is 36.3 Å². The van der Waals surface area contributed by atoms with Gasteiger partial charge in [0.05, 0.1) is 5.69 Å². The number of nitrogens with zero attached hydrogens (tertiary/aromatic N) is 2. The maximum Gasteiger partial charge on any atom is 0.171 e. The molecular weight excluding hydrogens is 196 g/mol. The van der Waals surface area contributed by atoms with Crippen LogP contribution in [0.2, 0.25) is 0 Å². The fourth-order valence-corrected chi connectivity index (χ4v) is 1.78. The van der Waals surface area contributed by atoms with Gasteiger partial charge in [0.1, 0.15) is 5.03 Å². The molecule has 0 radical (unpaired) electrons. The molecule has 2 rings (SSSR count). The van der Waals surface area contributed by atoms with E-state index >= 15 is 0 Å². The molecule has 0 fully saturated rings. The Labute approximate surface area is 86.0 Å². The second-order valence-corrected chi connectivity index (χ2v) is 3.68. The number of nitrogens with two attached hydrogens (primary N) is 1. The third-order valence-electron chi connectivity index (χ3n) is 1.66. The molecule has 2 aromatic heterocycles. The largest absolute Gasteiger partial charge is 0.339 e. The maximum absolute atomic E-state index is 5.50. The highest BCUT2D eigenvalue weighted by atomic mass is 32.2. The molecule has 0 unspecified atom stereocenters. The monoisotopic (exact) mass is 206 g/mol. The number of H-pyrrole nitrogens is 1. The van der Waals surface area contributed by atoms with Crippen molar-refractivity contribution in [2.75, 3.05) is 0 Å². The summed E-state index contributed by atoms with van der Waals surface area (Å²) in [4.78, 5) is 11.5. The van der Waals surface area contributed by atoms with E-state index < -0.39 is 0 Å². The first kappa shape index (κ1) is 9.23. The summed E-state index contributed by atoms with van der Waals surface area (Å²) in [5, 5.41) is 1.74. The Bertz CT molecular complexity index is 399. The molecule has 0 aliphatic carbocycles. The average molecular weight is 206 g/mol. The minimum Gasteiger partial charge on any atom is -0.339 e. The van der Waals surface area contributed by atoms with Gasteiger partial charge in [0.2, 0.25) is 0 Å². The maximum atomic E-state index is 5.50. The van der Waals surface area contributed by atoms with Crippen LogP contribution in [0.25, 0.3) is 0 Å². The number of aromatic nitrogens is 3. The summed E-state index contributed by atoms with van der Waals surface area (Å²) in [5.74, 6) is 0. The normalized spacial score (nSPS) is 10.4. The van der Waals surface area contributed by atoms with Gasteiger partial charge in [-0.05, 0) is 23.9 Å². The van der Waals surface area contributed by atoms with Crippen LogP contribution in [0.15, 0.2) is 40.8 Å². The number of rotatable bonds is 3. The Balaban J connectivity index is 2.17. The third-order valence-corrected chi connectivity index (χ3v) is 2.52. The molecule has 2 heterocycles. The molecular formula is C9H10N4S. The van der Waals surface area contributed by atoms with Crippen LogP contribution < -0.4 is 5.73 Å². The minimum atomic E-state index is 0.465. The van der Waals surface area contributed by atoms with E-state index in [0.717, 1.165) is 15.9 Å². The van der Waals surface area contributed by atoms with Crippen LogP contribution in [-0.2, 0) is 6.54 Å². The molecule has 72 valence electrons. The second-order valence-electron chi connectivity index (χ2n) is 2.67. The highest BCUT2D eigenvalue weighted by Crippen LogP contribution is 2.21. The third kappa shape index (κ3) is 2.12. The highest BCUT2D eigenvalue weighted by Gasteiger charge is 2.00. The van der Waals surface area contributed by atoms with E-state index in [2.05, 4.69) is 15.0 Å². The quantitative estimate of drug-likeness (QED) is 0.796. The van der Waals surface area contributed by atoms with Crippen molar-refractivity contribution < 1.29 is 0 Å². The van der Waals surface area contributed by atoms with Gasteiger partial charge in [-0.1, -0.05) is 6.07 Å². The van der Waals surface area contributed by atoms with Crippen molar-refractivity contribution in [3.8, 4) is 0 Å². The molecule has 14 heavy (non-hydrogen) atoms. The fourth-order valence-electron chi connectivity index (χ4n) is 1.03. The molecule has 0 bridgehead atoms.